The molecule has 67 heavy (non-hydrogen) atoms. The Balaban J connectivity index is 0.000000149. The number of aliphatic carboxylic acids is 1. The number of para-hydroxylation sites is 3. The Morgan fingerprint density at radius 1 is 0.493 bits per heavy atom. The van der Waals surface area contributed by atoms with Crippen LogP contribution in [-0.2, 0) is 4.79 Å². The van der Waals surface area contributed by atoms with Gasteiger partial charge in [0.2, 0.25) is 0 Å². The van der Waals surface area contributed by atoms with Gasteiger partial charge in [0.15, 0.2) is 0 Å². The maximum absolute atomic E-state index is 12.5. The van der Waals surface area contributed by atoms with Crippen LogP contribution in [0.2, 0.25) is 0 Å². The SMILES string of the molecule is CN(C)CCCNC(=O)c1c[nH]c2c(=O)[nH]c3ccccc3c12.CN(C)CCNC(=O)c1c[nH]c2c(=O)[nH]c3ccccc3c12.O=C(O)CCNC(=O)c1c[nH]c2c(=O)[nH]c3ccccc3c12. The molecule has 10 N–H and O–H groups in total. The van der Waals surface area contributed by atoms with Gasteiger partial charge in [-0.15, -0.1) is 0 Å². The van der Waals surface area contributed by atoms with Gasteiger partial charge in [-0.1, -0.05) is 54.6 Å². The fourth-order valence-electron chi connectivity index (χ4n) is 7.73. The Labute approximate surface area is 381 Å². The number of hydrogen-bond donors (Lipinski definition) is 10. The monoisotopic (exact) mass is 909 g/mol. The minimum Gasteiger partial charge on any atom is -0.481 e. The highest BCUT2D eigenvalue weighted by molar-refractivity contribution is 6.18. The normalized spacial score (nSPS) is 11.3. The maximum Gasteiger partial charge on any atom is 0.305 e. The molecule has 6 aromatic heterocycles. The molecule has 9 rings (SSSR count). The number of carbonyl (C=O) groups excluding carboxylic acids is 3. The first kappa shape index (κ1) is 46.7. The second kappa shape index (κ2) is 20.7. The van der Waals surface area contributed by atoms with Crippen LogP contribution >= 0.6 is 0 Å². The maximum atomic E-state index is 12.5. The van der Waals surface area contributed by atoms with Gasteiger partial charge in [-0.2, -0.15) is 0 Å². The van der Waals surface area contributed by atoms with Crippen LogP contribution in [0.5, 0.6) is 0 Å². The lowest BCUT2D eigenvalue weighted by Gasteiger charge is -2.10. The number of benzene rings is 3. The minimum absolute atomic E-state index is 0.0297. The molecule has 19 heteroatoms. The van der Waals surface area contributed by atoms with Crippen LogP contribution in [0.25, 0.3) is 65.4 Å². The summed E-state index contributed by atoms with van der Waals surface area (Å²) in [5, 5.41) is 21.3. The molecule has 0 radical (unpaired) electrons. The van der Waals surface area contributed by atoms with Crippen molar-refractivity contribution < 1.29 is 24.3 Å². The van der Waals surface area contributed by atoms with Crippen molar-refractivity contribution in [1.29, 1.82) is 0 Å². The van der Waals surface area contributed by atoms with E-state index in [1.165, 1.54) is 6.20 Å². The van der Waals surface area contributed by atoms with Crippen molar-refractivity contribution in [2.24, 2.45) is 0 Å². The van der Waals surface area contributed by atoms with E-state index in [-0.39, 0.29) is 41.5 Å². The summed E-state index contributed by atoms with van der Waals surface area (Å²) in [6.45, 7) is 2.86. The van der Waals surface area contributed by atoms with Crippen molar-refractivity contribution in [3.63, 3.8) is 0 Å². The van der Waals surface area contributed by atoms with Crippen LogP contribution < -0.4 is 32.6 Å². The number of fused-ring (bicyclic) bond motifs is 9. The third-order valence-electron chi connectivity index (χ3n) is 10.9. The highest BCUT2D eigenvalue weighted by Gasteiger charge is 2.19. The van der Waals surface area contributed by atoms with Crippen LogP contribution in [0, 0.1) is 0 Å². The van der Waals surface area contributed by atoms with E-state index in [1.54, 1.807) is 24.5 Å². The summed E-state index contributed by atoms with van der Waals surface area (Å²) in [6.07, 6.45) is 5.38. The summed E-state index contributed by atoms with van der Waals surface area (Å²) in [5.74, 6) is -1.74. The van der Waals surface area contributed by atoms with Crippen molar-refractivity contribution in [3.8, 4) is 0 Å². The van der Waals surface area contributed by atoms with Gasteiger partial charge in [-0.3, -0.25) is 33.6 Å². The third kappa shape index (κ3) is 10.5. The van der Waals surface area contributed by atoms with E-state index in [4.69, 9.17) is 5.11 Å². The average molecular weight is 910 g/mol. The topological polar surface area (TPSA) is 277 Å². The Kier molecular flexibility index (Phi) is 14.4. The molecule has 0 spiro atoms. The number of nitrogens with zero attached hydrogens (tertiary/aromatic N) is 2. The van der Waals surface area contributed by atoms with Crippen LogP contribution in [0.15, 0.2) is 106 Å². The van der Waals surface area contributed by atoms with Crippen LogP contribution in [0.1, 0.15) is 43.9 Å². The second-order valence-corrected chi connectivity index (χ2v) is 16.2. The Bertz CT molecular complexity index is 3460. The van der Waals surface area contributed by atoms with E-state index in [0.717, 1.165) is 46.7 Å². The standard InChI is InChI=1S/C17H20N4O2.C16H18N4O2.C15H13N3O4/c1-21(2)9-5-8-18-16(22)12-10-19-15-14(12)11-6-3-4-7-13(11)20-17(15)23;1-20(2)8-7-17-15(21)11-9-18-14-13(11)10-5-3-4-6-12(10)19-16(14)22;19-11(20)5-6-16-14(21)9-7-17-13-12(9)8-3-1-2-4-10(8)18-15(13)22/h3-4,6-7,10,19H,5,8-9H2,1-2H3,(H,18,22)(H,20,23);3-6,9,18H,7-8H2,1-2H3,(H,17,21)(H,19,22);1-4,7,17H,5-6H2,(H,16,21)(H,18,22)(H,19,20). The van der Waals surface area contributed by atoms with Gasteiger partial charge in [-0.25, -0.2) is 0 Å². The fraction of sp³-hybridized carbons (Fsp3) is 0.229. The molecule has 346 valence electrons. The van der Waals surface area contributed by atoms with E-state index in [1.807, 2.05) is 93.8 Å². The zero-order valence-electron chi connectivity index (χ0n) is 37.3. The lowest BCUT2D eigenvalue weighted by atomic mass is 10.1. The molecule has 0 aliphatic rings. The highest BCUT2D eigenvalue weighted by Crippen LogP contribution is 2.27. The van der Waals surface area contributed by atoms with Crippen molar-refractivity contribution in [2.75, 3.05) is 60.9 Å². The molecule has 0 aliphatic carbocycles. The van der Waals surface area contributed by atoms with Gasteiger partial charge in [0.1, 0.15) is 16.6 Å². The lowest BCUT2D eigenvalue weighted by molar-refractivity contribution is -0.136. The number of nitrogens with one attached hydrogen (secondary N) is 9. The number of aromatic nitrogens is 6. The minimum atomic E-state index is -0.985. The zero-order chi connectivity index (χ0) is 47.8. The predicted molar refractivity (Wildman–Crippen MR) is 260 cm³/mol. The van der Waals surface area contributed by atoms with E-state index < -0.39 is 11.9 Å². The van der Waals surface area contributed by atoms with E-state index >= 15 is 0 Å². The van der Waals surface area contributed by atoms with Crippen molar-refractivity contribution in [2.45, 2.75) is 12.8 Å². The quantitative estimate of drug-likeness (QED) is 0.0736. The number of aromatic amines is 6. The number of likely N-dealkylation sites (N-methyl/N-ethyl adjacent to an activating group) is 1. The van der Waals surface area contributed by atoms with Crippen molar-refractivity contribution in [3.05, 3.63) is 139 Å². The summed E-state index contributed by atoms with van der Waals surface area (Å²) in [5.41, 5.74) is 3.85. The summed E-state index contributed by atoms with van der Waals surface area (Å²) < 4.78 is 0. The molecule has 0 fully saturated rings. The third-order valence-corrected chi connectivity index (χ3v) is 10.9. The van der Waals surface area contributed by atoms with E-state index in [9.17, 15) is 33.6 Å². The average Bonchev–Trinajstić information content (AvgIpc) is 4.07. The summed E-state index contributed by atoms with van der Waals surface area (Å²) in [6, 6.07) is 22.2. The first-order valence-electron chi connectivity index (χ1n) is 21.5. The molecular formula is C48H51N11O8. The van der Waals surface area contributed by atoms with Crippen LogP contribution in [0.4, 0.5) is 0 Å². The van der Waals surface area contributed by atoms with Crippen molar-refractivity contribution >= 4 is 89.1 Å². The number of carboxylic acids is 1. The number of carbonyl (C=O) groups is 4. The van der Waals surface area contributed by atoms with Crippen LogP contribution in [-0.4, -0.2) is 129 Å². The van der Waals surface area contributed by atoms with Gasteiger partial charge in [0.05, 0.1) is 23.1 Å². The Morgan fingerprint density at radius 3 is 1.19 bits per heavy atom. The molecule has 3 amide bonds. The van der Waals surface area contributed by atoms with Crippen molar-refractivity contribution in [1.82, 2.24) is 55.7 Å². The lowest BCUT2D eigenvalue weighted by Crippen LogP contribution is -2.31. The number of carboxylic acid groups (broad SMARTS) is 1. The molecule has 0 aliphatic heterocycles. The van der Waals surface area contributed by atoms with Gasteiger partial charge in [0, 0.05) is 93.6 Å². The molecule has 0 atom stereocenters. The Morgan fingerprint density at radius 2 is 0.836 bits per heavy atom. The Hall–Kier alpha value is -8.29. The number of amides is 3. The molecule has 6 heterocycles. The predicted octanol–water partition coefficient (Wildman–Crippen LogP) is 4.21. The van der Waals surface area contributed by atoms with E-state index in [0.29, 0.717) is 68.0 Å². The number of hydrogen-bond acceptors (Lipinski definition) is 9. The molecule has 0 unspecified atom stereocenters. The molecule has 0 bridgehead atoms. The van der Waals surface area contributed by atoms with Gasteiger partial charge >= 0.3 is 5.97 Å². The van der Waals surface area contributed by atoms with Gasteiger partial charge in [0.25, 0.3) is 34.4 Å². The molecule has 9 aromatic rings. The van der Waals surface area contributed by atoms with Crippen LogP contribution in [0.3, 0.4) is 0 Å². The zero-order valence-corrected chi connectivity index (χ0v) is 37.3. The summed E-state index contributed by atoms with van der Waals surface area (Å²) in [7, 11) is 7.90. The number of H-pyrrole nitrogens is 6. The molecule has 0 saturated carbocycles. The summed E-state index contributed by atoms with van der Waals surface area (Å²) in [4.78, 5) is 105. The first-order chi connectivity index (χ1) is 32.2. The fourth-order valence-corrected chi connectivity index (χ4v) is 7.73. The smallest absolute Gasteiger partial charge is 0.305 e. The molecule has 3 aromatic carbocycles. The number of rotatable bonds is 13. The summed E-state index contributed by atoms with van der Waals surface area (Å²) >= 11 is 0. The highest BCUT2D eigenvalue weighted by atomic mass is 16.4. The molecule has 19 nitrogen and oxygen atoms in total. The van der Waals surface area contributed by atoms with E-state index in [2.05, 4.69) is 50.8 Å². The molecule has 0 saturated heterocycles. The van der Waals surface area contributed by atoms with Gasteiger partial charge < -0.3 is 60.8 Å². The largest absolute Gasteiger partial charge is 0.481 e. The second-order valence-electron chi connectivity index (χ2n) is 16.2. The van der Waals surface area contributed by atoms with Gasteiger partial charge in [-0.05, 0) is 59.4 Å². The number of pyridine rings is 3. The first-order valence-corrected chi connectivity index (χ1v) is 21.5. The molecular weight excluding hydrogens is 859 g/mol.